The second-order valence-electron chi connectivity index (χ2n) is 9.12. The van der Waals surface area contributed by atoms with Gasteiger partial charge in [-0.25, -0.2) is 0 Å². The number of carbonyl (C=O) groups excluding carboxylic acids is 2. The Morgan fingerprint density at radius 1 is 1.23 bits per heavy atom. The topological polar surface area (TPSA) is 100 Å². The standard InChI is InChI=1S/C23H30N4O3/c1-30-19-8-4-7-14-17-13-27(12-9-18(17)25-20(14)19)22(29)16-6-3-2-5-15(16)21(28)26-23(24)10-11-23/h4,7-8,15-16,25H,2-3,5-6,9-13,24H2,1H3,(H,26,28)/t15-,16-/m1/s1. The molecule has 0 bridgehead atoms. The fraction of sp³-hybridized carbons (Fsp3) is 0.565. The second kappa shape index (κ2) is 7.30. The molecule has 0 spiro atoms. The highest BCUT2D eigenvalue weighted by Gasteiger charge is 2.44. The highest BCUT2D eigenvalue weighted by molar-refractivity contribution is 5.91. The van der Waals surface area contributed by atoms with Crippen LogP contribution in [0.4, 0.5) is 0 Å². The molecule has 2 atom stereocenters. The molecule has 2 heterocycles. The van der Waals surface area contributed by atoms with E-state index in [1.807, 2.05) is 17.0 Å². The largest absolute Gasteiger partial charge is 0.495 e. The van der Waals surface area contributed by atoms with Crippen LogP contribution in [0.2, 0.25) is 0 Å². The van der Waals surface area contributed by atoms with Crippen molar-refractivity contribution in [2.45, 2.75) is 57.2 Å². The van der Waals surface area contributed by atoms with Crippen molar-refractivity contribution >= 4 is 22.7 Å². The molecule has 3 aliphatic rings. The lowest BCUT2D eigenvalue weighted by Gasteiger charge is -2.36. The number of nitrogens with zero attached hydrogens (tertiary/aromatic N) is 1. The van der Waals surface area contributed by atoms with Gasteiger partial charge in [-0.1, -0.05) is 25.0 Å². The highest BCUT2D eigenvalue weighted by atomic mass is 16.5. The van der Waals surface area contributed by atoms with Gasteiger partial charge < -0.3 is 25.7 Å². The highest BCUT2D eigenvalue weighted by Crippen LogP contribution is 2.37. The van der Waals surface area contributed by atoms with E-state index in [2.05, 4.69) is 16.4 Å². The zero-order valence-corrected chi connectivity index (χ0v) is 17.5. The van der Waals surface area contributed by atoms with Crippen molar-refractivity contribution in [1.29, 1.82) is 0 Å². The molecular formula is C23H30N4O3. The van der Waals surface area contributed by atoms with E-state index in [9.17, 15) is 9.59 Å². The number of nitrogens with two attached hydrogens (primary N) is 1. The number of H-pyrrole nitrogens is 1. The van der Waals surface area contributed by atoms with Crippen LogP contribution in [0, 0.1) is 11.8 Å². The minimum atomic E-state index is -0.536. The molecule has 2 aromatic rings. The number of rotatable bonds is 4. The predicted octanol–water partition coefficient (Wildman–Crippen LogP) is 2.43. The van der Waals surface area contributed by atoms with Crippen LogP contribution in [0.1, 0.15) is 49.8 Å². The summed E-state index contributed by atoms with van der Waals surface area (Å²) in [5.74, 6) is 0.376. The molecule has 0 unspecified atom stereocenters. The minimum Gasteiger partial charge on any atom is -0.495 e. The molecule has 7 heteroatoms. The van der Waals surface area contributed by atoms with E-state index < -0.39 is 5.66 Å². The Balaban J connectivity index is 1.37. The van der Waals surface area contributed by atoms with Crippen molar-refractivity contribution in [3.8, 4) is 5.75 Å². The molecule has 0 saturated heterocycles. The smallest absolute Gasteiger partial charge is 0.226 e. The number of benzene rings is 1. The number of nitrogens with one attached hydrogen (secondary N) is 2. The maximum absolute atomic E-state index is 13.5. The van der Waals surface area contributed by atoms with Crippen LogP contribution < -0.4 is 15.8 Å². The fourth-order valence-corrected chi connectivity index (χ4v) is 5.14. The number of methoxy groups -OCH3 is 1. The van der Waals surface area contributed by atoms with E-state index in [0.717, 1.165) is 61.6 Å². The summed E-state index contributed by atoms with van der Waals surface area (Å²) in [5.41, 5.74) is 8.89. The molecule has 7 nitrogen and oxygen atoms in total. The lowest BCUT2D eigenvalue weighted by molar-refractivity contribution is -0.144. The van der Waals surface area contributed by atoms with E-state index >= 15 is 0 Å². The average Bonchev–Trinajstić information content (AvgIpc) is 3.37. The summed E-state index contributed by atoms with van der Waals surface area (Å²) in [7, 11) is 1.67. The molecule has 1 aliphatic heterocycles. The first-order valence-corrected chi connectivity index (χ1v) is 11.1. The summed E-state index contributed by atoms with van der Waals surface area (Å²) in [6, 6.07) is 6.01. The molecule has 1 aromatic carbocycles. The monoisotopic (exact) mass is 410 g/mol. The lowest BCUT2D eigenvalue weighted by Crippen LogP contribution is -2.51. The van der Waals surface area contributed by atoms with Gasteiger partial charge in [-0.3, -0.25) is 9.59 Å². The number of hydrogen-bond acceptors (Lipinski definition) is 4. The summed E-state index contributed by atoms with van der Waals surface area (Å²) < 4.78 is 5.49. The minimum absolute atomic E-state index is 0.0393. The Kier molecular flexibility index (Phi) is 4.73. The zero-order valence-electron chi connectivity index (χ0n) is 17.5. The number of fused-ring (bicyclic) bond motifs is 3. The van der Waals surface area contributed by atoms with Gasteiger partial charge >= 0.3 is 0 Å². The molecule has 1 aromatic heterocycles. The van der Waals surface area contributed by atoms with Crippen molar-refractivity contribution in [1.82, 2.24) is 15.2 Å². The number of hydrogen-bond donors (Lipinski definition) is 3. The summed E-state index contributed by atoms with van der Waals surface area (Å²) >= 11 is 0. The van der Waals surface area contributed by atoms with Crippen LogP contribution in [-0.2, 0) is 22.6 Å². The molecular weight excluding hydrogens is 380 g/mol. The Labute approximate surface area is 176 Å². The van der Waals surface area contributed by atoms with Crippen LogP contribution in [0.5, 0.6) is 5.75 Å². The van der Waals surface area contributed by atoms with Gasteiger partial charge in [0.05, 0.1) is 18.3 Å². The molecule has 160 valence electrons. The quantitative estimate of drug-likeness (QED) is 0.674. The number of aromatic amines is 1. The van der Waals surface area contributed by atoms with Crippen molar-refractivity contribution in [2.75, 3.05) is 13.7 Å². The maximum atomic E-state index is 13.5. The summed E-state index contributed by atoms with van der Waals surface area (Å²) in [6.45, 7) is 1.25. The van der Waals surface area contributed by atoms with E-state index in [1.165, 1.54) is 11.3 Å². The first-order valence-electron chi connectivity index (χ1n) is 11.1. The van der Waals surface area contributed by atoms with Crippen LogP contribution in [0.3, 0.4) is 0 Å². The van der Waals surface area contributed by atoms with Crippen LogP contribution >= 0.6 is 0 Å². The number of ether oxygens (including phenoxy) is 1. The summed E-state index contributed by atoms with van der Waals surface area (Å²) in [6.07, 6.45) is 5.96. The molecule has 2 amide bonds. The Bertz CT molecular complexity index is 994. The predicted molar refractivity (Wildman–Crippen MR) is 114 cm³/mol. The van der Waals surface area contributed by atoms with Crippen LogP contribution in [-0.4, -0.2) is 41.0 Å². The van der Waals surface area contributed by atoms with Gasteiger partial charge in [-0.05, 0) is 31.7 Å². The van der Waals surface area contributed by atoms with Gasteiger partial charge in [0.15, 0.2) is 0 Å². The van der Waals surface area contributed by atoms with Gasteiger partial charge in [-0.2, -0.15) is 0 Å². The van der Waals surface area contributed by atoms with E-state index in [0.29, 0.717) is 13.1 Å². The molecule has 30 heavy (non-hydrogen) atoms. The fourth-order valence-electron chi connectivity index (χ4n) is 5.14. The number of aromatic nitrogens is 1. The Hall–Kier alpha value is -2.54. The summed E-state index contributed by atoms with van der Waals surface area (Å²) in [4.78, 5) is 31.8. The van der Waals surface area contributed by atoms with Gasteiger partial charge in [0.2, 0.25) is 11.8 Å². The Morgan fingerprint density at radius 2 is 2.00 bits per heavy atom. The van der Waals surface area contributed by atoms with Gasteiger partial charge in [-0.15, -0.1) is 0 Å². The van der Waals surface area contributed by atoms with Crippen molar-refractivity contribution in [3.05, 3.63) is 29.5 Å². The van der Waals surface area contributed by atoms with Gasteiger partial charge in [0.25, 0.3) is 0 Å². The normalized spacial score (nSPS) is 24.9. The maximum Gasteiger partial charge on any atom is 0.226 e. The molecule has 2 fully saturated rings. The van der Waals surface area contributed by atoms with Crippen molar-refractivity contribution in [2.24, 2.45) is 17.6 Å². The number of carbonyl (C=O) groups is 2. The third kappa shape index (κ3) is 3.35. The van der Waals surface area contributed by atoms with Gasteiger partial charge in [0, 0.05) is 48.0 Å². The van der Waals surface area contributed by atoms with Gasteiger partial charge in [0.1, 0.15) is 5.75 Å². The molecule has 5 rings (SSSR count). The third-order valence-electron chi connectivity index (χ3n) is 7.08. The number of para-hydroxylation sites is 1. The van der Waals surface area contributed by atoms with Crippen molar-refractivity contribution in [3.63, 3.8) is 0 Å². The Morgan fingerprint density at radius 3 is 2.73 bits per heavy atom. The first kappa shape index (κ1) is 19.4. The molecule has 2 saturated carbocycles. The SMILES string of the molecule is COc1cccc2c3c([nH]c12)CCN(C(=O)[C@@H]1CCCC[C@H]1C(=O)NC1(N)CC1)C3. The third-order valence-corrected chi connectivity index (χ3v) is 7.08. The molecule has 2 aliphatic carbocycles. The second-order valence-corrected chi connectivity index (χ2v) is 9.12. The van der Waals surface area contributed by atoms with E-state index in [-0.39, 0.29) is 23.7 Å². The van der Waals surface area contributed by atoms with Crippen molar-refractivity contribution < 1.29 is 14.3 Å². The molecule has 0 radical (unpaired) electrons. The van der Waals surface area contributed by atoms with Crippen LogP contribution in [0.15, 0.2) is 18.2 Å². The first-order chi connectivity index (χ1) is 14.5. The van der Waals surface area contributed by atoms with Crippen LogP contribution in [0.25, 0.3) is 10.9 Å². The zero-order chi connectivity index (χ0) is 20.9. The lowest BCUT2D eigenvalue weighted by atomic mass is 9.77. The van der Waals surface area contributed by atoms with E-state index in [4.69, 9.17) is 10.5 Å². The van der Waals surface area contributed by atoms with E-state index in [1.54, 1.807) is 7.11 Å². The molecule has 4 N–H and O–H groups in total. The average molecular weight is 411 g/mol. The number of amides is 2. The summed E-state index contributed by atoms with van der Waals surface area (Å²) in [5, 5.41) is 4.10.